The zero-order valence-corrected chi connectivity index (χ0v) is 14.7. The van der Waals surface area contributed by atoms with Gasteiger partial charge in [0.1, 0.15) is 12.3 Å². The fourth-order valence-corrected chi connectivity index (χ4v) is 2.47. The molecule has 6 heteroatoms. The van der Waals surface area contributed by atoms with Crippen molar-refractivity contribution in [1.29, 1.82) is 0 Å². The summed E-state index contributed by atoms with van der Waals surface area (Å²) in [4.78, 5) is 24.6. The number of carbonyl (C=O) groups excluding carboxylic acids is 2. The second kappa shape index (κ2) is 8.84. The molecule has 0 aromatic heterocycles. The Labute approximate surface area is 147 Å². The number of benzene rings is 2. The summed E-state index contributed by atoms with van der Waals surface area (Å²) in [5, 5.41) is 2.86. The maximum Gasteiger partial charge on any atom is 0.337 e. The average molecular weight is 343 g/mol. The number of amides is 1. The molecular weight excluding hydrogens is 320 g/mol. The number of rotatable bonds is 7. The molecule has 2 aromatic carbocycles. The van der Waals surface area contributed by atoms with E-state index in [4.69, 9.17) is 4.74 Å². The number of ether oxygens (including phenoxy) is 2. The van der Waals surface area contributed by atoms with Gasteiger partial charge < -0.3 is 19.7 Å². The molecule has 0 saturated carbocycles. The Bertz CT molecular complexity index is 728. The van der Waals surface area contributed by atoms with Crippen LogP contribution < -0.4 is 15.0 Å². The van der Waals surface area contributed by atoms with Crippen molar-refractivity contribution in [3.05, 3.63) is 59.7 Å². The first-order valence-corrected chi connectivity index (χ1v) is 7.94. The van der Waals surface area contributed by atoms with E-state index < -0.39 is 0 Å². The van der Waals surface area contributed by atoms with E-state index in [0.717, 1.165) is 10.5 Å². The lowest BCUT2D eigenvalue weighted by Gasteiger charge is -2.14. The number of anilines is 1. The molecule has 2 aromatic rings. The summed E-state index contributed by atoms with van der Waals surface area (Å²) >= 11 is 0. The normalized spacial score (nSPS) is 11.5. The molecule has 6 nitrogen and oxygen atoms in total. The first-order chi connectivity index (χ1) is 12.0. The average Bonchev–Trinajstić information content (AvgIpc) is 2.61. The molecule has 1 amide bonds. The van der Waals surface area contributed by atoms with Crippen LogP contribution in [0.4, 0.5) is 5.69 Å². The van der Waals surface area contributed by atoms with Gasteiger partial charge in [-0.1, -0.05) is 18.2 Å². The Hall–Kier alpha value is -2.86. The monoisotopic (exact) mass is 343 g/mol. The maximum absolute atomic E-state index is 12.2. The van der Waals surface area contributed by atoms with Crippen LogP contribution in [0.3, 0.4) is 0 Å². The van der Waals surface area contributed by atoms with Crippen LogP contribution in [0.2, 0.25) is 0 Å². The van der Waals surface area contributed by atoms with Gasteiger partial charge in [0, 0.05) is 17.3 Å². The predicted molar refractivity (Wildman–Crippen MR) is 94.9 cm³/mol. The third-order valence-corrected chi connectivity index (χ3v) is 3.70. The minimum atomic E-state index is -0.357. The van der Waals surface area contributed by atoms with Gasteiger partial charge in [0.2, 0.25) is 0 Å². The third-order valence-electron chi connectivity index (χ3n) is 3.70. The number of carbonyl (C=O) groups is 2. The molecule has 1 unspecified atom stereocenters. The Morgan fingerprint density at radius 1 is 1.08 bits per heavy atom. The topological polar surface area (TPSA) is 69.1 Å². The minimum absolute atomic E-state index is 0.0723. The first-order valence-electron chi connectivity index (χ1n) is 7.94. The molecular formula is C19H23N2O4+. The van der Waals surface area contributed by atoms with Gasteiger partial charge in [0.25, 0.3) is 5.91 Å². The number of hydrogen-bond donors (Lipinski definition) is 2. The summed E-state index contributed by atoms with van der Waals surface area (Å²) < 4.78 is 9.82. The lowest BCUT2D eigenvalue weighted by atomic mass is 10.1. The van der Waals surface area contributed by atoms with Crippen LogP contribution in [0, 0.1) is 0 Å². The number of hydrogen-bond acceptors (Lipinski definition) is 4. The van der Waals surface area contributed by atoms with Crippen molar-refractivity contribution in [3.63, 3.8) is 0 Å². The zero-order chi connectivity index (χ0) is 18.2. The van der Waals surface area contributed by atoms with Crippen molar-refractivity contribution in [2.45, 2.75) is 6.54 Å². The van der Waals surface area contributed by atoms with Crippen molar-refractivity contribution in [2.24, 2.45) is 0 Å². The molecule has 0 saturated heterocycles. The molecule has 2 N–H and O–H groups in total. The van der Waals surface area contributed by atoms with Crippen molar-refractivity contribution in [1.82, 2.24) is 0 Å². The number of nitrogens with one attached hydrogen (secondary N) is 2. The summed E-state index contributed by atoms with van der Waals surface area (Å²) in [5.41, 5.74) is 2.26. The van der Waals surface area contributed by atoms with E-state index >= 15 is 0 Å². The highest BCUT2D eigenvalue weighted by molar-refractivity contribution is 5.91. The van der Waals surface area contributed by atoms with Crippen LogP contribution in [0.15, 0.2) is 48.5 Å². The van der Waals surface area contributed by atoms with Crippen molar-refractivity contribution in [2.75, 3.05) is 33.1 Å². The van der Waals surface area contributed by atoms with E-state index in [-0.39, 0.29) is 11.9 Å². The largest absolute Gasteiger partial charge is 0.497 e. The van der Waals surface area contributed by atoms with Gasteiger partial charge in [0.05, 0.1) is 26.8 Å². The van der Waals surface area contributed by atoms with E-state index in [1.165, 1.54) is 7.11 Å². The molecule has 0 heterocycles. The van der Waals surface area contributed by atoms with Gasteiger partial charge in [-0.25, -0.2) is 4.79 Å². The van der Waals surface area contributed by atoms with E-state index in [1.807, 2.05) is 37.4 Å². The molecule has 1 atom stereocenters. The molecule has 25 heavy (non-hydrogen) atoms. The fourth-order valence-electron chi connectivity index (χ4n) is 2.47. The van der Waals surface area contributed by atoms with E-state index in [0.29, 0.717) is 30.1 Å². The molecule has 2 rings (SSSR count). The second-order valence-electron chi connectivity index (χ2n) is 5.78. The lowest BCUT2D eigenvalue weighted by Crippen LogP contribution is -3.08. The smallest absolute Gasteiger partial charge is 0.337 e. The fraction of sp³-hybridized carbons (Fsp3) is 0.263. The lowest BCUT2D eigenvalue weighted by molar-refractivity contribution is -0.885. The van der Waals surface area contributed by atoms with Gasteiger partial charge in [-0.2, -0.15) is 0 Å². The molecule has 0 aliphatic heterocycles. The first kappa shape index (κ1) is 18.5. The molecule has 132 valence electrons. The quantitative estimate of drug-likeness (QED) is 0.740. The predicted octanol–water partition coefficient (Wildman–Crippen LogP) is 1.14. The maximum atomic E-state index is 12.2. The van der Waals surface area contributed by atoms with Gasteiger partial charge in [-0.3, -0.25) is 4.79 Å². The Kier molecular flexibility index (Phi) is 6.54. The van der Waals surface area contributed by atoms with Crippen molar-refractivity contribution in [3.8, 4) is 5.75 Å². The van der Waals surface area contributed by atoms with Crippen LogP contribution in [0.25, 0.3) is 0 Å². The van der Waals surface area contributed by atoms with Gasteiger partial charge in [0.15, 0.2) is 6.54 Å². The van der Waals surface area contributed by atoms with Gasteiger partial charge in [-0.05, 0) is 24.3 Å². The summed E-state index contributed by atoms with van der Waals surface area (Å²) in [5.74, 6) is 0.269. The number of methoxy groups -OCH3 is 2. The zero-order valence-electron chi connectivity index (χ0n) is 14.7. The molecule has 0 radical (unpaired) electrons. The SMILES string of the molecule is COC(=O)c1ccc(C[NH+](C)CC(=O)Nc2cccc(OC)c2)cc1. The molecule has 0 fully saturated rings. The standard InChI is InChI=1S/C19H22N2O4/c1-21(12-14-7-9-15(10-8-14)19(23)25-3)13-18(22)20-16-5-4-6-17(11-16)24-2/h4-11H,12-13H2,1-3H3,(H,20,22)/p+1. The number of likely N-dealkylation sites (N-methyl/N-ethyl adjacent to an activating group) is 1. The number of quaternary nitrogens is 1. The molecule has 0 aliphatic rings. The number of esters is 1. The summed E-state index contributed by atoms with van der Waals surface area (Å²) in [7, 11) is 4.89. The van der Waals surface area contributed by atoms with Crippen LogP contribution in [-0.4, -0.2) is 39.7 Å². The van der Waals surface area contributed by atoms with Crippen LogP contribution >= 0.6 is 0 Å². The summed E-state index contributed by atoms with van der Waals surface area (Å²) in [6.45, 7) is 1.00. The Morgan fingerprint density at radius 3 is 2.44 bits per heavy atom. The third kappa shape index (κ3) is 5.61. The van der Waals surface area contributed by atoms with Crippen molar-refractivity contribution >= 4 is 17.6 Å². The summed E-state index contributed by atoms with van der Waals surface area (Å²) in [6, 6.07) is 14.4. The van der Waals surface area contributed by atoms with Gasteiger partial charge in [-0.15, -0.1) is 0 Å². The van der Waals surface area contributed by atoms with Crippen molar-refractivity contribution < 1.29 is 24.0 Å². The Balaban J connectivity index is 1.87. The Morgan fingerprint density at radius 2 is 1.80 bits per heavy atom. The van der Waals surface area contributed by atoms with E-state index in [1.54, 1.807) is 25.3 Å². The van der Waals surface area contributed by atoms with Gasteiger partial charge >= 0.3 is 5.97 Å². The molecule has 0 bridgehead atoms. The molecule has 0 spiro atoms. The highest BCUT2D eigenvalue weighted by Crippen LogP contribution is 2.16. The highest BCUT2D eigenvalue weighted by atomic mass is 16.5. The van der Waals surface area contributed by atoms with E-state index in [9.17, 15) is 9.59 Å². The molecule has 0 aliphatic carbocycles. The van der Waals surface area contributed by atoms with Crippen LogP contribution in [-0.2, 0) is 16.1 Å². The highest BCUT2D eigenvalue weighted by Gasteiger charge is 2.12. The van der Waals surface area contributed by atoms with Crippen LogP contribution in [0.1, 0.15) is 15.9 Å². The second-order valence-corrected chi connectivity index (χ2v) is 5.78. The summed E-state index contributed by atoms with van der Waals surface area (Å²) in [6.07, 6.45) is 0. The van der Waals surface area contributed by atoms with E-state index in [2.05, 4.69) is 10.1 Å². The minimum Gasteiger partial charge on any atom is -0.497 e. The van der Waals surface area contributed by atoms with Crippen LogP contribution in [0.5, 0.6) is 5.75 Å².